The van der Waals surface area contributed by atoms with Gasteiger partial charge in [0.25, 0.3) is 0 Å². The summed E-state index contributed by atoms with van der Waals surface area (Å²) in [5.41, 5.74) is 1.88. The predicted octanol–water partition coefficient (Wildman–Crippen LogP) is 3.96. The number of aromatic nitrogens is 4. The Hall–Kier alpha value is -3.09. The van der Waals surface area contributed by atoms with Crippen LogP contribution in [0.25, 0.3) is 5.65 Å². The van der Waals surface area contributed by atoms with Crippen molar-refractivity contribution in [3.8, 4) is 0 Å². The topological polar surface area (TPSA) is 97.5 Å². The van der Waals surface area contributed by atoms with Crippen molar-refractivity contribution in [2.24, 2.45) is 5.92 Å². The molecule has 2 aliphatic rings. The first kappa shape index (κ1) is 26.5. The van der Waals surface area contributed by atoms with E-state index in [4.69, 9.17) is 0 Å². The van der Waals surface area contributed by atoms with E-state index in [0.717, 1.165) is 18.3 Å². The number of hydrogen-bond donors (Lipinski definition) is 0. The quantitative estimate of drug-likeness (QED) is 0.454. The van der Waals surface area contributed by atoms with E-state index < -0.39 is 45.2 Å². The molecule has 0 radical (unpaired) electrons. The van der Waals surface area contributed by atoms with Gasteiger partial charge in [-0.25, -0.2) is 17.9 Å². The molecule has 3 aromatic heterocycles. The Morgan fingerprint density at radius 3 is 2.45 bits per heavy atom. The summed E-state index contributed by atoms with van der Waals surface area (Å²) in [6.07, 6.45) is -1.17. The number of rotatable bonds is 4. The zero-order chi connectivity index (χ0) is 27.6. The molecule has 1 amide bonds. The SMILES string of the molecule is CN(C(=O)C1CCS(=O)(=O)CC1)[C@@H](c1ccc([C@@H]2CC(C)(C)c3c2cnc2cc(F)nn32)cn1)C(F)(F)F. The van der Waals surface area contributed by atoms with Crippen molar-refractivity contribution in [2.45, 2.75) is 56.7 Å². The van der Waals surface area contributed by atoms with Crippen molar-refractivity contribution in [1.29, 1.82) is 0 Å². The fraction of sp³-hybridized carbons (Fsp3) is 0.520. The maximum atomic E-state index is 14.2. The number of alkyl halides is 3. The second kappa shape index (κ2) is 8.99. The van der Waals surface area contributed by atoms with E-state index in [2.05, 4.69) is 15.1 Å². The molecular weight excluding hydrogens is 526 g/mol. The molecule has 1 fully saturated rings. The fourth-order valence-electron chi connectivity index (χ4n) is 5.79. The number of carbonyl (C=O) groups excluding carboxylic acids is 1. The van der Waals surface area contributed by atoms with Crippen molar-refractivity contribution in [3.63, 3.8) is 0 Å². The van der Waals surface area contributed by atoms with Gasteiger partial charge in [0.15, 0.2) is 11.7 Å². The summed E-state index contributed by atoms with van der Waals surface area (Å²) < 4.78 is 81.2. The zero-order valence-electron chi connectivity index (χ0n) is 21.0. The van der Waals surface area contributed by atoms with Crippen LogP contribution in [-0.4, -0.2) is 63.5 Å². The number of pyridine rings is 1. The standard InChI is InChI=1S/C25H27F4N5O3S/c1-24(2)11-16(17-13-31-20-10-19(26)32-34(20)21(17)24)15-4-5-18(30-12-15)22(25(27,28)29)33(3)23(35)14-6-8-38(36,37)9-7-14/h4-5,10,12-14,16,22H,6-9,11H2,1-3H3/t16-,22-/m0/s1. The van der Waals surface area contributed by atoms with Crippen LogP contribution < -0.4 is 0 Å². The molecular formula is C25H27F4N5O3S. The highest BCUT2D eigenvalue weighted by Gasteiger charge is 2.48. The largest absolute Gasteiger partial charge is 0.414 e. The van der Waals surface area contributed by atoms with Gasteiger partial charge in [-0.05, 0) is 30.9 Å². The third kappa shape index (κ3) is 4.65. The van der Waals surface area contributed by atoms with Crippen LogP contribution in [0.2, 0.25) is 0 Å². The van der Waals surface area contributed by atoms with Gasteiger partial charge in [-0.1, -0.05) is 19.9 Å². The van der Waals surface area contributed by atoms with E-state index in [1.54, 1.807) is 12.3 Å². The summed E-state index contributed by atoms with van der Waals surface area (Å²) in [4.78, 5) is 22.0. The van der Waals surface area contributed by atoms with Crippen LogP contribution in [0.15, 0.2) is 30.6 Å². The maximum Gasteiger partial charge on any atom is 0.414 e. The molecule has 8 nitrogen and oxygen atoms in total. The first-order valence-electron chi connectivity index (χ1n) is 12.2. The molecule has 1 aliphatic carbocycles. The van der Waals surface area contributed by atoms with E-state index in [0.29, 0.717) is 22.5 Å². The Bertz CT molecular complexity index is 1490. The number of sulfone groups is 1. The number of hydrogen-bond acceptors (Lipinski definition) is 6. The minimum Gasteiger partial charge on any atom is -0.328 e. The summed E-state index contributed by atoms with van der Waals surface area (Å²) in [7, 11) is -2.18. The van der Waals surface area contributed by atoms with E-state index >= 15 is 0 Å². The second-order valence-electron chi connectivity index (χ2n) is 10.8. The number of nitrogens with zero attached hydrogens (tertiary/aromatic N) is 5. The third-order valence-corrected chi connectivity index (χ3v) is 9.37. The lowest BCUT2D eigenvalue weighted by Crippen LogP contribution is -2.44. The fourth-order valence-corrected chi connectivity index (χ4v) is 7.28. The van der Waals surface area contributed by atoms with Crippen molar-refractivity contribution < 1.29 is 30.8 Å². The molecule has 204 valence electrons. The molecule has 0 bridgehead atoms. The van der Waals surface area contributed by atoms with Crippen molar-refractivity contribution in [1.82, 2.24) is 24.5 Å². The minimum absolute atomic E-state index is 0.000774. The monoisotopic (exact) mass is 553 g/mol. The van der Waals surface area contributed by atoms with Gasteiger partial charge in [0.2, 0.25) is 11.9 Å². The third-order valence-electron chi connectivity index (χ3n) is 7.65. The number of amides is 1. The molecule has 0 aromatic carbocycles. The second-order valence-corrected chi connectivity index (χ2v) is 13.1. The minimum atomic E-state index is -4.79. The normalized spacial score (nSPS) is 21.8. The lowest BCUT2D eigenvalue weighted by molar-refractivity contribution is -0.191. The Labute approximate surface area is 217 Å². The van der Waals surface area contributed by atoms with E-state index in [9.17, 15) is 30.8 Å². The van der Waals surface area contributed by atoms with Gasteiger partial charge in [-0.3, -0.25) is 9.78 Å². The van der Waals surface area contributed by atoms with Crippen LogP contribution in [0, 0.1) is 11.9 Å². The molecule has 5 rings (SSSR count). The zero-order valence-corrected chi connectivity index (χ0v) is 21.9. The first-order chi connectivity index (χ1) is 17.7. The van der Waals surface area contributed by atoms with E-state index in [-0.39, 0.29) is 36.0 Å². The van der Waals surface area contributed by atoms with Gasteiger partial charge >= 0.3 is 6.18 Å². The molecule has 0 saturated carbocycles. The highest BCUT2D eigenvalue weighted by molar-refractivity contribution is 7.91. The molecule has 0 unspecified atom stereocenters. The molecule has 3 aromatic rings. The van der Waals surface area contributed by atoms with Crippen LogP contribution in [-0.2, 0) is 20.0 Å². The summed E-state index contributed by atoms with van der Waals surface area (Å²) in [5, 5.41) is 3.93. The number of halogens is 4. The molecule has 4 heterocycles. The molecule has 2 atom stereocenters. The average Bonchev–Trinajstić information content (AvgIpc) is 3.33. The first-order valence-corrected chi connectivity index (χ1v) is 14.0. The van der Waals surface area contributed by atoms with Crippen LogP contribution >= 0.6 is 0 Å². The van der Waals surface area contributed by atoms with Crippen LogP contribution in [0.3, 0.4) is 0 Å². The van der Waals surface area contributed by atoms with Gasteiger partial charge in [-0.2, -0.15) is 17.6 Å². The summed E-state index contributed by atoms with van der Waals surface area (Å²) in [5.74, 6) is -2.86. The Balaban J connectivity index is 1.44. The van der Waals surface area contributed by atoms with Gasteiger partial charge < -0.3 is 4.90 Å². The average molecular weight is 554 g/mol. The molecule has 38 heavy (non-hydrogen) atoms. The molecule has 1 saturated heterocycles. The molecule has 0 N–H and O–H groups in total. The number of carbonyl (C=O) groups is 1. The Morgan fingerprint density at radius 1 is 1.16 bits per heavy atom. The number of fused-ring (bicyclic) bond motifs is 3. The van der Waals surface area contributed by atoms with Crippen molar-refractivity contribution in [3.05, 3.63) is 59.1 Å². The Kier molecular flexibility index (Phi) is 6.27. The van der Waals surface area contributed by atoms with E-state index in [1.165, 1.54) is 22.8 Å². The highest BCUT2D eigenvalue weighted by Crippen LogP contribution is 2.48. The summed E-state index contributed by atoms with van der Waals surface area (Å²) in [6.45, 7) is 3.98. The highest BCUT2D eigenvalue weighted by atomic mass is 32.2. The van der Waals surface area contributed by atoms with Gasteiger partial charge in [0.05, 0.1) is 22.9 Å². The summed E-state index contributed by atoms with van der Waals surface area (Å²) >= 11 is 0. The van der Waals surface area contributed by atoms with Gasteiger partial charge in [0.1, 0.15) is 9.84 Å². The van der Waals surface area contributed by atoms with Crippen LogP contribution in [0.1, 0.15) is 67.6 Å². The smallest absolute Gasteiger partial charge is 0.328 e. The van der Waals surface area contributed by atoms with Crippen LogP contribution in [0.5, 0.6) is 0 Å². The molecule has 0 spiro atoms. The summed E-state index contributed by atoms with van der Waals surface area (Å²) in [6, 6.07) is 1.80. The molecule has 13 heteroatoms. The lowest BCUT2D eigenvalue weighted by Gasteiger charge is -2.33. The van der Waals surface area contributed by atoms with Gasteiger partial charge in [0, 0.05) is 48.3 Å². The van der Waals surface area contributed by atoms with Gasteiger partial charge in [-0.15, -0.1) is 5.10 Å². The maximum absolute atomic E-state index is 14.2. The van der Waals surface area contributed by atoms with Crippen molar-refractivity contribution in [2.75, 3.05) is 18.6 Å². The van der Waals surface area contributed by atoms with E-state index in [1.807, 2.05) is 13.8 Å². The molecule has 1 aliphatic heterocycles. The van der Waals surface area contributed by atoms with Crippen molar-refractivity contribution >= 4 is 21.4 Å². The predicted molar refractivity (Wildman–Crippen MR) is 130 cm³/mol. The van der Waals surface area contributed by atoms with Crippen LogP contribution in [0.4, 0.5) is 17.6 Å². The Morgan fingerprint density at radius 2 is 1.84 bits per heavy atom. The lowest BCUT2D eigenvalue weighted by atomic mass is 9.87.